The Morgan fingerprint density at radius 1 is 1.25 bits per heavy atom. The molecule has 0 spiro atoms. The second kappa shape index (κ2) is 8.55. The first-order valence-corrected chi connectivity index (χ1v) is 11.5. The Hall–Kier alpha value is 0.137. The molecule has 0 radical (unpaired) electrons. The Kier molecular flexibility index (Phi) is 8.61. The Morgan fingerprint density at radius 2 is 1.80 bits per heavy atom. The van der Waals surface area contributed by atoms with Crippen molar-refractivity contribution in [2.45, 2.75) is 72.5 Å². The maximum atomic E-state index is 6.28. The lowest BCUT2D eigenvalue weighted by Gasteiger charge is -2.36. The Labute approximate surface area is 136 Å². The van der Waals surface area contributed by atoms with Gasteiger partial charge in [-0.15, -0.1) is 0 Å². The van der Waals surface area contributed by atoms with Crippen LogP contribution in [0, 0.1) is 5.92 Å². The third-order valence-corrected chi connectivity index (χ3v) is 9.36. The minimum absolute atomic E-state index is 0.282. The fourth-order valence-corrected chi connectivity index (χ4v) is 3.62. The summed E-state index contributed by atoms with van der Waals surface area (Å²) < 4.78 is 7.51. The molecule has 118 valence electrons. The number of hydrogen-bond donors (Lipinski definition) is 0. The lowest BCUT2D eigenvalue weighted by atomic mass is 10.1. The normalized spacial score (nSPS) is 16.4. The van der Waals surface area contributed by atoms with Gasteiger partial charge in [0, 0.05) is 11.1 Å². The maximum Gasteiger partial charge on any atom is 0.192 e. The smallest absolute Gasteiger partial charge is 0.192 e. The number of halogens is 1. The summed E-state index contributed by atoms with van der Waals surface area (Å²) in [5, 5.41) is 0.282. The van der Waals surface area contributed by atoms with Crippen molar-refractivity contribution in [2.75, 3.05) is 6.61 Å². The zero-order valence-electron chi connectivity index (χ0n) is 14.6. The van der Waals surface area contributed by atoms with E-state index in [9.17, 15) is 0 Å². The van der Waals surface area contributed by atoms with Crippen molar-refractivity contribution in [3.05, 3.63) is 22.2 Å². The Bertz CT molecular complexity index is 350. The topological polar surface area (TPSA) is 9.23 Å². The summed E-state index contributed by atoms with van der Waals surface area (Å²) in [6.45, 7) is 18.9. The van der Waals surface area contributed by atoms with Gasteiger partial charge in [0.2, 0.25) is 0 Å². The first-order chi connectivity index (χ1) is 9.05. The molecule has 0 saturated heterocycles. The van der Waals surface area contributed by atoms with E-state index in [0.29, 0.717) is 5.92 Å². The molecule has 3 heteroatoms. The van der Waals surface area contributed by atoms with Gasteiger partial charge in [0.05, 0.1) is 0 Å². The van der Waals surface area contributed by atoms with Crippen molar-refractivity contribution in [3.8, 4) is 0 Å². The van der Waals surface area contributed by atoms with Gasteiger partial charge in [-0.1, -0.05) is 69.6 Å². The van der Waals surface area contributed by atoms with Crippen LogP contribution in [0.3, 0.4) is 0 Å². The second-order valence-corrected chi connectivity index (χ2v) is 12.7. The van der Waals surface area contributed by atoms with Crippen LogP contribution >= 0.6 is 15.9 Å². The van der Waals surface area contributed by atoms with Crippen molar-refractivity contribution >= 4 is 24.2 Å². The van der Waals surface area contributed by atoms with Crippen LogP contribution in [0.15, 0.2) is 22.2 Å². The summed E-state index contributed by atoms with van der Waals surface area (Å²) in [5.74, 6) is 0.435. The van der Waals surface area contributed by atoms with Crippen LogP contribution in [0.5, 0.6) is 0 Å². The van der Waals surface area contributed by atoms with E-state index in [0.717, 1.165) is 19.4 Å². The van der Waals surface area contributed by atoms with E-state index >= 15 is 0 Å². The third kappa shape index (κ3) is 6.73. The average Bonchev–Trinajstić information content (AvgIpc) is 2.32. The van der Waals surface area contributed by atoms with Gasteiger partial charge >= 0.3 is 0 Å². The summed E-state index contributed by atoms with van der Waals surface area (Å²) in [6.07, 6.45) is 6.74. The lowest BCUT2D eigenvalue weighted by molar-refractivity contribution is 0.259. The highest BCUT2D eigenvalue weighted by molar-refractivity contribution is 9.12. The predicted octanol–water partition coefficient (Wildman–Crippen LogP) is 6.67. The van der Waals surface area contributed by atoms with Gasteiger partial charge in [-0.25, -0.2) is 0 Å². The first-order valence-electron chi connectivity index (χ1n) is 7.75. The molecule has 0 rings (SSSR count). The van der Waals surface area contributed by atoms with Gasteiger partial charge in [0.15, 0.2) is 8.32 Å². The van der Waals surface area contributed by atoms with E-state index in [1.807, 2.05) is 0 Å². The molecule has 0 aliphatic rings. The van der Waals surface area contributed by atoms with E-state index < -0.39 is 8.32 Å². The molecule has 0 heterocycles. The van der Waals surface area contributed by atoms with Gasteiger partial charge < -0.3 is 4.43 Å². The SMILES string of the molecule is CC/C=C(CC)/C(Br)=C/[C@@H](C)CO[Si](C)(C)C(C)(C)C. The van der Waals surface area contributed by atoms with Gasteiger partial charge in [-0.3, -0.25) is 0 Å². The molecule has 0 aromatic rings. The third-order valence-electron chi connectivity index (χ3n) is 4.08. The fraction of sp³-hybridized carbons (Fsp3) is 0.765. The lowest BCUT2D eigenvalue weighted by Crippen LogP contribution is -2.41. The molecule has 0 amide bonds. The minimum Gasteiger partial charge on any atom is -0.416 e. The molecule has 0 aliphatic heterocycles. The van der Waals surface area contributed by atoms with Gasteiger partial charge in [-0.05, 0) is 42.5 Å². The number of rotatable bonds is 7. The van der Waals surface area contributed by atoms with Crippen LogP contribution < -0.4 is 0 Å². The van der Waals surface area contributed by atoms with Crippen molar-refractivity contribution in [2.24, 2.45) is 5.92 Å². The summed E-state index contributed by atoms with van der Waals surface area (Å²) >= 11 is 3.71. The predicted molar refractivity (Wildman–Crippen MR) is 98.0 cm³/mol. The van der Waals surface area contributed by atoms with E-state index in [-0.39, 0.29) is 5.04 Å². The summed E-state index contributed by atoms with van der Waals surface area (Å²) in [6, 6.07) is 0. The van der Waals surface area contributed by atoms with Crippen LogP contribution in [-0.4, -0.2) is 14.9 Å². The second-order valence-electron chi connectivity index (χ2n) is 7.05. The molecule has 0 N–H and O–H groups in total. The molecule has 0 saturated carbocycles. The highest BCUT2D eigenvalue weighted by Crippen LogP contribution is 2.37. The summed E-state index contributed by atoms with van der Waals surface area (Å²) in [4.78, 5) is 0. The maximum absolute atomic E-state index is 6.28. The monoisotopic (exact) mass is 360 g/mol. The van der Waals surface area contributed by atoms with Crippen molar-refractivity contribution in [1.29, 1.82) is 0 Å². The van der Waals surface area contributed by atoms with Crippen LogP contribution in [-0.2, 0) is 4.43 Å². The van der Waals surface area contributed by atoms with E-state index in [4.69, 9.17) is 4.43 Å². The molecule has 20 heavy (non-hydrogen) atoms. The molecule has 1 nitrogen and oxygen atoms in total. The molecule has 0 bridgehead atoms. The van der Waals surface area contributed by atoms with Crippen molar-refractivity contribution in [1.82, 2.24) is 0 Å². The standard InChI is InChI=1S/C17H33BrOSi/c1-9-11-15(10-2)16(18)12-14(3)13-19-20(7,8)17(4,5)6/h11-12,14H,9-10,13H2,1-8H3/b15-11+,16-12-/t14-/m1/s1. The summed E-state index contributed by atoms with van der Waals surface area (Å²) in [5.41, 5.74) is 1.40. The highest BCUT2D eigenvalue weighted by Gasteiger charge is 2.37. The average molecular weight is 361 g/mol. The van der Waals surface area contributed by atoms with Crippen molar-refractivity contribution < 1.29 is 4.43 Å². The van der Waals surface area contributed by atoms with Crippen LogP contribution in [0.1, 0.15) is 54.4 Å². The molecule has 1 atom stereocenters. The largest absolute Gasteiger partial charge is 0.416 e. The Morgan fingerprint density at radius 3 is 2.20 bits per heavy atom. The number of hydrogen-bond acceptors (Lipinski definition) is 1. The van der Waals surface area contributed by atoms with Crippen LogP contribution in [0.2, 0.25) is 18.1 Å². The minimum atomic E-state index is -1.63. The summed E-state index contributed by atoms with van der Waals surface area (Å²) in [7, 11) is -1.63. The fourth-order valence-electron chi connectivity index (χ4n) is 1.62. The van der Waals surface area contributed by atoms with Gasteiger partial charge in [0.1, 0.15) is 0 Å². The highest BCUT2D eigenvalue weighted by atomic mass is 79.9. The van der Waals surface area contributed by atoms with E-state index in [2.05, 4.69) is 82.7 Å². The molecule has 0 aliphatic carbocycles. The number of allylic oxidation sites excluding steroid dienone is 3. The van der Waals surface area contributed by atoms with Gasteiger partial charge in [0.25, 0.3) is 0 Å². The zero-order chi connectivity index (χ0) is 16.0. The van der Waals surface area contributed by atoms with Crippen LogP contribution in [0.4, 0.5) is 0 Å². The first kappa shape index (κ1) is 20.1. The van der Waals surface area contributed by atoms with E-state index in [1.165, 1.54) is 10.1 Å². The molecule has 0 unspecified atom stereocenters. The van der Waals surface area contributed by atoms with Gasteiger partial charge in [-0.2, -0.15) is 0 Å². The van der Waals surface area contributed by atoms with E-state index in [1.54, 1.807) is 0 Å². The Balaban J connectivity index is 4.65. The quantitative estimate of drug-likeness (QED) is 0.363. The van der Waals surface area contributed by atoms with Crippen molar-refractivity contribution in [3.63, 3.8) is 0 Å². The van der Waals surface area contributed by atoms with Crippen LogP contribution in [0.25, 0.3) is 0 Å². The zero-order valence-corrected chi connectivity index (χ0v) is 17.2. The molecule has 0 fully saturated rings. The molecule has 0 aromatic heterocycles. The molecule has 0 aromatic carbocycles. The molecular formula is C17H33BrOSi. The molecular weight excluding hydrogens is 328 g/mol.